The first kappa shape index (κ1) is 7.09. The standard InChI is InChI=1S/C8H9N4/c1-11-6-4-7(10-11)8-3-5-9-12(8)2/h3,5-6H,1-2H3. The smallest absolute Gasteiger partial charge is 0.118 e. The second-order valence-corrected chi connectivity index (χ2v) is 2.64. The lowest BCUT2D eigenvalue weighted by molar-refractivity contribution is 0.749. The average Bonchev–Trinajstić information content (AvgIpc) is 2.58. The Morgan fingerprint density at radius 1 is 1.42 bits per heavy atom. The van der Waals surface area contributed by atoms with E-state index in [0.29, 0.717) is 0 Å². The Kier molecular flexibility index (Phi) is 1.46. The van der Waals surface area contributed by atoms with Gasteiger partial charge in [-0.2, -0.15) is 10.2 Å². The average molecular weight is 161 g/mol. The zero-order chi connectivity index (χ0) is 8.55. The molecule has 0 saturated heterocycles. The number of hydrogen-bond acceptors (Lipinski definition) is 2. The maximum atomic E-state index is 4.21. The molecule has 0 aromatic carbocycles. The number of aryl methyl sites for hydroxylation is 2. The molecule has 2 rings (SSSR count). The van der Waals surface area contributed by atoms with Gasteiger partial charge in [0.05, 0.1) is 5.69 Å². The van der Waals surface area contributed by atoms with Crippen LogP contribution in [0.4, 0.5) is 0 Å². The molecule has 4 heteroatoms. The fourth-order valence-electron chi connectivity index (χ4n) is 1.10. The Morgan fingerprint density at radius 2 is 2.25 bits per heavy atom. The van der Waals surface area contributed by atoms with Gasteiger partial charge in [-0.05, 0) is 6.07 Å². The Bertz CT molecular complexity index is 385. The molecule has 4 nitrogen and oxygen atoms in total. The van der Waals surface area contributed by atoms with Gasteiger partial charge in [0.2, 0.25) is 0 Å². The molecule has 0 amide bonds. The van der Waals surface area contributed by atoms with Crippen LogP contribution >= 0.6 is 0 Å². The maximum absolute atomic E-state index is 4.21. The van der Waals surface area contributed by atoms with E-state index in [1.54, 1.807) is 21.8 Å². The summed E-state index contributed by atoms with van der Waals surface area (Å²) in [5.74, 6) is 0. The van der Waals surface area contributed by atoms with Crippen LogP contribution in [0, 0.1) is 6.07 Å². The molecule has 0 N–H and O–H groups in total. The third-order valence-electron chi connectivity index (χ3n) is 1.71. The summed E-state index contributed by atoms with van der Waals surface area (Å²) in [5.41, 5.74) is 1.81. The van der Waals surface area contributed by atoms with Crippen LogP contribution in [0.1, 0.15) is 0 Å². The predicted octanol–water partition coefficient (Wildman–Crippen LogP) is 0.621. The quantitative estimate of drug-likeness (QED) is 0.614. The third kappa shape index (κ3) is 1.01. The van der Waals surface area contributed by atoms with Gasteiger partial charge >= 0.3 is 0 Å². The van der Waals surface area contributed by atoms with Crippen LogP contribution in [0.2, 0.25) is 0 Å². The highest BCUT2D eigenvalue weighted by Crippen LogP contribution is 2.13. The first-order valence-electron chi connectivity index (χ1n) is 3.67. The van der Waals surface area contributed by atoms with Crippen LogP contribution in [-0.2, 0) is 14.1 Å². The molecule has 12 heavy (non-hydrogen) atoms. The number of nitrogens with zero attached hydrogens (tertiary/aromatic N) is 4. The fraction of sp³-hybridized carbons (Fsp3) is 0.250. The summed E-state index contributed by atoms with van der Waals surface area (Å²) in [6, 6.07) is 4.96. The zero-order valence-corrected chi connectivity index (χ0v) is 7.02. The molecule has 0 spiro atoms. The van der Waals surface area contributed by atoms with Crippen molar-refractivity contribution in [1.82, 2.24) is 19.6 Å². The summed E-state index contributed by atoms with van der Waals surface area (Å²) in [4.78, 5) is 0. The van der Waals surface area contributed by atoms with E-state index in [-0.39, 0.29) is 0 Å². The summed E-state index contributed by atoms with van der Waals surface area (Å²) in [6.07, 6.45) is 3.54. The van der Waals surface area contributed by atoms with Crippen molar-refractivity contribution in [2.45, 2.75) is 0 Å². The van der Waals surface area contributed by atoms with E-state index in [9.17, 15) is 0 Å². The van der Waals surface area contributed by atoms with E-state index < -0.39 is 0 Å². The van der Waals surface area contributed by atoms with E-state index in [1.165, 1.54) is 0 Å². The summed E-state index contributed by atoms with van der Waals surface area (Å²) in [5, 5.41) is 8.26. The molecule has 0 aliphatic rings. The van der Waals surface area contributed by atoms with Crippen molar-refractivity contribution in [3.05, 3.63) is 24.5 Å². The van der Waals surface area contributed by atoms with E-state index >= 15 is 0 Å². The number of rotatable bonds is 1. The SMILES string of the molecule is Cn1c[c]c(-c2ccnn2C)n1. The van der Waals surface area contributed by atoms with Gasteiger partial charge in [0.25, 0.3) is 0 Å². The molecule has 2 aromatic rings. The number of hydrogen-bond donors (Lipinski definition) is 0. The molecule has 0 bridgehead atoms. The Hall–Kier alpha value is -1.58. The normalized spacial score (nSPS) is 10.5. The van der Waals surface area contributed by atoms with Crippen molar-refractivity contribution in [3.63, 3.8) is 0 Å². The van der Waals surface area contributed by atoms with Gasteiger partial charge in [-0.3, -0.25) is 9.36 Å². The van der Waals surface area contributed by atoms with Crippen molar-refractivity contribution >= 4 is 0 Å². The van der Waals surface area contributed by atoms with Crippen LogP contribution in [0.5, 0.6) is 0 Å². The third-order valence-corrected chi connectivity index (χ3v) is 1.71. The summed E-state index contributed by atoms with van der Waals surface area (Å²) in [7, 11) is 3.76. The molecule has 2 aromatic heterocycles. The van der Waals surface area contributed by atoms with E-state index in [2.05, 4.69) is 16.3 Å². The number of aromatic nitrogens is 4. The minimum absolute atomic E-state index is 0.831. The second-order valence-electron chi connectivity index (χ2n) is 2.64. The molecular formula is C8H9N4. The minimum atomic E-state index is 0.831. The van der Waals surface area contributed by atoms with Crippen molar-refractivity contribution in [2.24, 2.45) is 14.1 Å². The first-order chi connectivity index (χ1) is 5.77. The topological polar surface area (TPSA) is 35.6 Å². The van der Waals surface area contributed by atoms with Gasteiger partial charge in [-0.1, -0.05) is 0 Å². The van der Waals surface area contributed by atoms with Crippen molar-refractivity contribution in [3.8, 4) is 11.4 Å². The Labute approximate surface area is 70.4 Å². The molecule has 0 aliphatic carbocycles. The summed E-state index contributed by atoms with van der Waals surface area (Å²) >= 11 is 0. The van der Waals surface area contributed by atoms with Gasteiger partial charge in [-0.15, -0.1) is 0 Å². The van der Waals surface area contributed by atoms with Crippen LogP contribution in [-0.4, -0.2) is 19.6 Å². The molecule has 2 heterocycles. The van der Waals surface area contributed by atoms with Crippen LogP contribution in [0.25, 0.3) is 11.4 Å². The second kappa shape index (κ2) is 2.48. The molecular weight excluding hydrogens is 152 g/mol. The molecule has 0 fully saturated rings. The van der Waals surface area contributed by atoms with E-state index in [4.69, 9.17) is 0 Å². The van der Waals surface area contributed by atoms with E-state index in [0.717, 1.165) is 11.4 Å². The largest absolute Gasteiger partial charge is 0.274 e. The van der Waals surface area contributed by atoms with Gasteiger partial charge in [0.15, 0.2) is 0 Å². The maximum Gasteiger partial charge on any atom is 0.118 e. The fourth-order valence-corrected chi connectivity index (χ4v) is 1.10. The van der Waals surface area contributed by atoms with Crippen LogP contribution in [0.15, 0.2) is 18.5 Å². The lowest BCUT2D eigenvalue weighted by Gasteiger charge is -1.95. The van der Waals surface area contributed by atoms with Crippen LogP contribution in [0.3, 0.4) is 0 Å². The van der Waals surface area contributed by atoms with Crippen molar-refractivity contribution < 1.29 is 0 Å². The minimum Gasteiger partial charge on any atom is -0.274 e. The monoisotopic (exact) mass is 161 g/mol. The highest BCUT2D eigenvalue weighted by Gasteiger charge is 2.04. The van der Waals surface area contributed by atoms with Gasteiger partial charge in [0.1, 0.15) is 5.69 Å². The Balaban J connectivity index is 2.50. The molecule has 0 atom stereocenters. The Morgan fingerprint density at radius 3 is 2.75 bits per heavy atom. The van der Waals surface area contributed by atoms with E-state index in [1.807, 2.05) is 20.2 Å². The molecule has 0 saturated carbocycles. The molecule has 0 aliphatic heterocycles. The van der Waals surface area contributed by atoms with Crippen molar-refractivity contribution in [2.75, 3.05) is 0 Å². The highest BCUT2D eigenvalue weighted by molar-refractivity contribution is 5.52. The lowest BCUT2D eigenvalue weighted by atomic mass is 10.3. The van der Waals surface area contributed by atoms with Gasteiger partial charge in [-0.25, -0.2) is 0 Å². The van der Waals surface area contributed by atoms with Crippen LogP contribution < -0.4 is 0 Å². The molecule has 0 unspecified atom stereocenters. The molecule has 61 valence electrons. The summed E-state index contributed by atoms with van der Waals surface area (Å²) in [6.45, 7) is 0. The zero-order valence-electron chi connectivity index (χ0n) is 7.02. The first-order valence-corrected chi connectivity index (χ1v) is 3.67. The molecule has 1 radical (unpaired) electrons. The predicted molar refractivity (Wildman–Crippen MR) is 44.2 cm³/mol. The highest BCUT2D eigenvalue weighted by atomic mass is 15.3. The van der Waals surface area contributed by atoms with Gasteiger partial charge < -0.3 is 0 Å². The van der Waals surface area contributed by atoms with Gasteiger partial charge in [0, 0.05) is 32.6 Å². The van der Waals surface area contributed by atoms with Crippen molar-refractivity contribution in [1.29, 1.82) is 0 Å². The lowest BCUT2D eigenvalue weighted by Crippen LogP contribution is -1.94. The summed E-state index contributed by atoms with van der Waals surface area (Å²) < 4.78 is 3.50.